The SMILES string of the molecule is Cc1cc(C)c(-c2ccnc(Br)c2)c(C)c1. The second-order valence-corrected chi connectivity index (χ2v) is 4.95. The summed E-state index contributed by atoms with van der Waals surface area (Å²) in [5, 5.41) is 0. The van der Waals surface area contributed by atoms with E-state index in [1.807, 2.05) is 6.20 Å². The molecule has 1 nitrogen and oxygen atoms in total. The van der Waals surface area contributed by atoms with Crippen LogP contribution in [0.1, 0.15) is 16.7 Å². The summed E-state index contributed by atoms with van der Waals surface area (Å²) in [7, 11) is 0. The molecular formula is C14H14BrN. The summed E-state index contributed by atoms with van der Waals surface area (Å²) in [6, 6.07) is 8.55. The Hall–Kier alpha value is -1.15. The van der Waals surface area contributed by atoms with Gasteiger partial charge in [-0.25, -0.2) is 4.98 Å². The summed E-state index contributed by atoms with van der Waals surface area (Å²) in [6.45, 7) is 6.44. The van der Waals surface area contributed by atoms with Crippen molar-refractivity contribution in [3.63, 3.8) is 0 Å². The van der Waals surface area contributed by atoms with E-state index >= 15 is 0 Å². The van der Waals surface area contributed by atoms with Crippen molar-refractivity contribution in [1.29, 1.82) is 0 Å². The van der Waals surface area contributed by atoms with Crippen LogP contribution in [0.3, 0.4) is 0 Å². The van der Waals surface area contributed by atoms with Gasteiger partial charge in [-0.15, -0.1) is 0 Å². The maximum atomic E-state index is 4.16. The van der Waals surface area contributed by atoms with Gasteiger partial charge >= 0.3 is 0 Å². The van der Waals surface area contributed by atoms with Crippen molar-refractivity contribution >= 4 is 15.9 Å². The van der Waals surface area contributed by atoms with E-state index in [-0.39, 0.29) is 0 Å². The number of hydrogen-bond donors (Lipinski definition) is 0. The Morgan fingerprint density at radius 1 is 1.00 bits per heavy atom. The van der Waals surface area contributed by atoms with Crippen LogP contribution in [0.15, 0.2) is 35.1 Å². The lowest BCUT2D eigenvalue weighted by Gasteiger charge is -2.11. The molecule has 0 amide bonds. The molecule has 0 radical (unpaired) electrons. The Kier molecular flexibility index (Phi) is 3.10. The normalized spacial score (nSPS) is 10.5. The lowest BCUT2D eigenvalue weighted by molar-refractivity contribution is 1.26. The number of nitrogens with zero attached hydrogens (tertiary/aromatic N) is 1. The zero-order chi connectivity index (χ0) is 11.7. The Morgan fingerprint density at radius 2 is 1.62 bits per heavy atom. The topological polar surface area (TPSA) is 12.9 Å². The average molecular weight is 276 g/mol. The Morgan fingerprint density at radius 3 is 2.19 bits per heavy atom. The maximum Gasteiger partial charge on any atom is 0.106 e. The van der Waals surface area contributed by atoms with Crippen LogP contribution in [0.5, 0.6) is 0 Å². The molecule has 2 heteroatoms. The Balaban J connectivity index is 2.64. The summed E-state index contributed by atoms with van der Waals surface area (Å²) >= 11 is 3.41. The second-order valence-electron chi connectivity index (χ2n) is 4.14. The molecule has 16 heavy (non-hydrogen) atoms. The predicted molar refractivity (Wildman–Crippen MR) is 71.6 cm³/mol. The van der Waals surface area contributed by atoms with Crippen molar-refractivity contribution in [1.82, 2.24) is 4.98 Å². The molecule has 1 heterocycles. The first-order valence-corrected chi connectivity index (χ1v) is 6.07. The predicted octanol–water partition coefficient (Wildman–Crippen LogP) is 4.44. The molecule has 0 atom stereocenters. The molecule has 0 fully saturated rings. The van der Waals surface area contributed by atoms with Crippen LogP contribution >= 0.6 is 15.9 Å². The van der Waals surface area contributed by atoms with Gasteiger partial charge in [0.1, 0.15) is 4.60 Å². The summed E-state index contributed by atoms with van der Waals surface area (Å²) in [5.41, 5.74) is 6.48. The van der Waals surface area contributed by atoms with E-state index in [1.54, 1.807) is 0 Å². The second kappa shape index (κ2) is 4.38. The third-order valence-electron chi connectivity index (χ3n) is 2.69. The summed E-state index contributed by atoms with van der Waals surface area (Å²) < 4.78 is 0.879. The fourth-order valence-corrected chi connectivity index (χ4v) is 2.56. The van der Waals surface area contributed by atoms with E-state index in [0.717, 1.165) is 4.60 Å². The van der Waals surface area contributed by atoms with Gasteiger partial charge in [-0.1, -0.05) is 17.7 Å². The van der Waals surface area contributed by atoms with Gasteiger partial charge in [0.15, 0.2) is 0 Å². The fraction of sp³-hybridized carbons (Fsp3) is 0.214. The van der Waals surface area contributed by atoms with Crippen molar-refractivity contribution in [2.24, 2.45) is 0 Å². The zero-order valence-corrected chi connectivity index (χ0v) is 11.3. The molecule has 2 aromatic rings. The first-order valence-electron chi connectivity index (χ1n) is 5.27. The number of aryl methyl sites for hydroxylation is 3. The summed E-state index contributed by atoms with van der Waals surface area (Å²) in [4.78, 5) is 4.16. The van der Waals surface area contributed by atoms with Crippen molar-refractivity contribution in [3.05, 3.63) is 51.8 Å². The summed E-state index contributed by atoms with van der Waals surface area (Å²) in [6.07, 6.45) is 1.83. The van der Waals surface area contributed by atoms with E-state index in [9.17, 15) is 0 Å². The molecule has 82 valence electrons. The van der Waals surface area contributed by atoms with Gasteiger partial charge in [0.05, 0.1) is 0 Å². The molecule has 0 bridgehead atoms. The third-order valence-corrected chi connectivity index (χ3v) is 3.13. The summed E-state index contributed by atoms with van der Waals surface area (Å²) in [5.74, 6) is 0. The number of aromatic nitrogens is 1. The maximum absolute atomic E-state index is 4.16. The molecule has 2 rings (SSSR count). The highest BCUT2D eigenvalue weighted by atomic mass is 79.9. The van der Waals surface area contributed by atoms with Crippen LogP contribution in [-0.4, -0.2) is 4.98 Å². The molecule has 0 N–H and O–H groups in total. The molecule has 0 unspecified atom stereocenters. The Bertz CT molecular complexity index is 509. The highest BCUT2D eigenvalue weighted by Crippen LogP contribution is 2.29. The molecule has 1 aromatic carbocycles. The van der Waals surface area contributed by atoms with Crippen LogP contribution < -0.4 is 0 Å². The minimum Gasteiger partial charge on any atom is -0.249 e. The third kappa shape index (κ3) is 2.17. The van der Waals surface area contributed by atoms with Crippen LogP contribution in [0.4, 0.5) is 0 Å². The van der Waals surface area contributed by atoms with Crippen LogP contribution in [0.25, 0.3) is 11.1 Å². The van der Waals surface area contributed by atoms with Gasteiger partial charge in [0.25, 0.3) is 0 Å². The largest absolute Gasteiger partial charge is 0.249 e. The van der Waals surface area contributed by atoms with E-state index in [2.05, 4.69) is 66.0 Å². The van der Waals surface area contributed by atoms with Crippen molar-refractivity contribution in [3.8, 4) is 11.1 Å². The van der Waals surface area contributed by atoms with E-state index in [4.69, 9.17) is 0 Å². The molecule has 0 aliphatic heterocycles. The zero-order valence-electron chi connectivity index (χ0n) is 9.71. The van der Waals surface area contributed by atoms with Crippen LogP contribution in [0.2, 0.25) is 0 Å². The number of halogens is 1. The number of rotatable bonds is 1. The molecule has 0 aliphatic carbocycles. The molecule has 0 saturated heterocycles. The van der Waals surface area contributed by atoms with E-state index in [0.29, 0.717) is 0 Å². The van der Waals surface area contributed by atoms with Crippen molar-refractivity contribution < 1.29 is 0 Å². The van der Waals surface area contributed by atoms with Crippen molar-refractivity contribution in [2.45, 2.75) is 20.8 Å². The monoisotopic (exact) mass is 275 g/mol. The quantitative estimate of drug-likeness (QED) is 0.702. The minimum absolute atomic E-state index is 0.879. The van der Waals surface area contributed by atoms with Crippen LogP contribution in [-0.2, 0) is 0 Å². The highest BCUT2D eigenvalue weighted by molar-refractivity contribution is 9.10. The molecule has 0 saturated carbocycles. The standard InChI is InChI=1S/C14H14BrN/c1-9-6-10(2)14(11(3)7-9)12-4-5-16-13(15)8-12/h4-8H,1-3H3. The van der Waals surface area contributed by atoms with Gasteiger partial charge in [-0.05, 0) is 71.1 Å². The average Bonchev–Trinajstić information content (AvgIpc) is 2.15. The first-order chi connectivity index (χ1) is 7.58. The van der Waals surface area contributed by atoms with Gasteiger partial charge in [0.2, 0.25) is 0 Å². The van der Waals surface area contributed by atoms with Crippen LogP contribution in [0, 0.1) is 20.8 Å². The molecular weight excluding hydrogens is 262 g/mol. The van der Waals surface area contributed by atoms with E-state index in [1.165, 1.54) is 27.8 Å². The first kappa shape index (κ1) is 11.3. The van der Waals surface area contributed by atoms with Gasteiger partial charge in [-0.2, -0.15) is 0 Å². The van der Waals surface area contributed by atoms with Gasteiger partial charge in [-0.3, -0.25) is 0 Å². The van der Waals surface area contributed by atoms with E-state index < -0.39 is 0 Å². The lowest BCUT2D eigenvalue weighted by atomic mass is 9.95. The smallest absolute Gasteiger partial charge is 0.106 e. The molecule has 0 aliphatic rings. The van der Waals surface area contributed by atoms with Gasteiger partial charge in [0, 0.05) is 6.20 Å². The number of benzene rings is 1. The fourth-order valence-electron chi connectivity index (χ4n) is 2.19. The molecule has 1 aromatic heterocycles. The number of hydrogen-bond acceptors (Lipinski definition) is 1. The Labute approximate surface area is 105 Å². The van der Waals surface area contributed by atoms with Gasteiger partial charge < -0.3 is 0 Å². The molecule has 0 spiro atoms. The highest BCUT2D eigenvalue weighted by Gasteiger charge is 2.06. The minimum atomic E-state index is 0.879. The number of pyridine rings is 1. The lowest BCUT2D eigenvalue weighted by Crippen LogP contribution is -1.90. The van der Waals surface area contributed by atoms with Crippen molar-refractivity contribution in [2.75, 3.05) is 0 Å².